The molecule has 0 unspecified atom stereocenters. The first-order valence-corrected chi connectivity index (χ1v) is 5.05. The summed E-state index contributed by atoms with van der Waals surface area (Å²) in [6, 6.07) is 0. The lowest BCUT2D eigenvalue weighted by Gasteiger charge is -2.23. The van der Waals surface area contributed by atoms with Gasteiger partial charge in [-0.3, -0.25) is 4.79 Å². The van der Waals surface area contributed by atoms with Crippen molar-refractivity contribution in [2.45, 2.75) is 39.7 Å². The Balaban J connectivity index is 4.02. The van der Waals surface area contributed by atoms with E-state index >= 15 is 0 Å². The molecule has 88 valence electrons. The second-order valence-corrected chi connectivity index (χ2v) is 4.49. The fourth-order valence-corrected chi connectivity index (χ4v) is 1.02. The van der Waals surface area contributed by atoms with Crippen LogP contribution in [-0.2, 0) is 4.79 Å². The van der Waals surface area contributed by atoms with Gasteiger partial charge in [0.1, 0.15) is 5.54 Å². The molecule has 0 fully saturated rings. The van der Waals surface area contributed by atoms with E-state index in [9.17, 15) is 9.59 Å². The van der Waals surface area contributed by atoms with Crippen molar-refractivity contribution in [1.29, 1.82) is 0 Å². The normalized spacial score (nSPS) is 11.3. The lowest BCUT2D eigenvalue weighted by atomic mass is 10.0. The minimum atomic E-state index is -1.20. The highest BCUT2D eigenvalue weighted by atomic mass is 16.4. The zero-order valence-corrected chi connectivity index (χ0v) is 9.76. The number of amides is 2. The summed E-state index contributed by atoms with van der Waals surface area (Å²) < 4.78 is 0. The monoisotopic (exact) mass is 216 g/mol. The Hall–Kier alpha value is -1.26. The van der Waals surface area contributed by atoms with Gasteiger partial charge in [0.15, 0.2) is 0 Å². The van der Waals surface area contributed by atoms with Crippen molar-refractivity contribution in [3.05, 3.63) is 0 Å². The molecule has 0 aromatic carbocycles. The van der Waals surface area contributed by atoms with Crippen LogP contribution in [0.15, 0.2) is 0 Å². The molecule has 0 atom stereocenters. The largest absolute Gasteiger partial charge is 0.465 e. The number of carbonyl (C=O) groups excluding carboxylic acids is 1. The van der Waals surface area contributed by atoms with Gasteiger partial charge in [0.25, 0.3) is 0 Å². The van der Waals surface area contributed by atoms with Crippen molar-refractivity contribution in [1.82, 2.24) is 10.6 Å². The molecule has 3 N–H and O–H groups in total. The zero-order valence-electron chi connectivity index (χ0n) is 9.76. The lowest BCUT2D eigenvalue weighted by Crippen LogP contribution is -2.54. The summed E-state index contributed by atoms with van der Waals surface area (Å²) in [5.41, 5.74) is -1.08. The fraction of sp³-hybridized carbons (Fsp3) is 0.800. The first-order valence-electron chi connectivity index (χ1n) is 5.05. The van der Waals surface area contributed by atoms with Crippen LogP contribution in [0.4, 0.5) is 4.79 Å². The Morgan fingerprint density at radius 1 is 1.33 bits per heavy atom. The Labute approximate surface area is 90.2 Å². The van der Waals surface area contributed by atoms with Gasteiger partial charge in [-0.15, -0.1) is 0 Å². The van der Waals surface area contributed by atoms with Crippen LogP contribution in [-0.4, -0.2) is 29.2 Å². The minimum Gasteiger partial charge on any atom is -0.465 e. The van der Waals surface area contributed by atoms with E-state index in [-0.39, 0.29) is 5.91 Å². The molecule has 5 nitrogen and oxygen atoms in total. The van der Waals surface area contributed by atoms with Crippen LogP contribution in [0.2, 0.25) is 0 Å². The molecule has 0 bridgehead atoms. The third-order valence-electron chi connectivity index (χ3n) is 1.99. The van der Waals surface area contributed by atoms with Gasteiger partial charge in [-0.05, 0) is 26.2 Å². The predicted octanol–water partition coefficient (Wildman–Crippen LogP) is 1.19. The molecule has 0 aliphatic rings. The molecule has 0 saturated carbocycles. The van der Waals surface area contributed by atoms with Gasteiger partial charge >= 0.3 is 6.09 Å². The number of hydrogen-bond donors (Lipinski definition) is 3. The third kappa shape index (κ3) is 5.93. The summed E-state index contributed by atoms with van der Waals surface area (Å²) in [5, 5.41) is 13.4. The molecule has 0 aromatic heterocycles. The quantitative estimate of drug-likeness (QED) is 0.646. The summed E-state index contributed by atoms with van der Waals surface area (Å²) in [6.45, 7) is 7.76. The van der Waals surface area contributed by atoms with Crippen LogP contribution in [0.3, 0.4) is 0 Å². The van der Waals surface area contributed by atoms with Crippen molar-refractivity contribution in [2.75, 3.05) is 6.54 Å². The van der Waals surface area contributed by atoms with E-state index in [0.29, 0.717) is 12.5 Å². The van der Waals surface area contributed by atoms with E-state index in [2.05, 4.69) is 24.5 Å². The Bertz CT molecular complexity index is 237. The summed E-state index contributed by atoms with van der Waals surface area (Å²) in [4.78, 5) is 22.0. The highest BCUT2D eigenvalue weighted by molar-refractivity contribution is 5.88. The zero-order chi connectivity index (χ0) is 12.1. The van der Waals surface area contributed by atoms with E-state index in [1.165, 1.54) is 13.8 Å². The van der Waals surface area contributed by atoms with Crippen LogP contribution in [0.25, 0.3) is 0 Å². The van der Waals surface area contributed by atoms with Gasteiger partial charge in [0.05, 0.1) is 0 Å². The molecule has 0 aliphatic carbocycles. The average molecular weight is 216 g/mol. The molecule has 0 rings (SSSR count). The van der Waals surface area contributed by atoms with Gasteiger partial charge in [-0.25, -0.2) is 4.79 Å². The number of nitrogens with one attached hydrogen (secondary N) is 2. The van der Waals surface area contributed by atoms with Crippen LogP contribution in [0.1, 0.15) is 34.1 Å². The van der Waals surface area contributed by atoms with Crippen LogP contribution in [0, 0.1) is 5.92 Å². The van der Waals surface area contributed by atoms with E-state index < -0.39 is 11.6 Å². The second kappa shape index (κ2) is 5.58. The molecular formula is C10H20N2O3. The van der Waals surface area contributed by atoms with Gasteiger partial charge in [0, 0.05) is 6.54 Å². The number of hydrogen-bond acceptors (Lipinski definition) is 2. The van der Waals surface area contributed by atoms with Gasteiger partial charge in [-0.2, -0.15) is 0 Å². The molecular weight excluding hydrogens is 196 g/mol. The lowest BCUT2D eigenvalue weighted by molar-refractivity contribution is -0.126. The van der Waals surface area contributed by atoms with Crippen molar-refractivity contribution < 1.29 is 14.7 Å². The maximum Gasteiger partial charge on any atom is 0.405 e. The van der Waals surface area contributed by atoms with Crippen molar-refractivity contribution >= 4 is 12.0 Å². The summed E-state index contributed by atoms with van der Waals surface area (Å²) in [5.74, 6) is 0.214. The average Bonchev–Trinajstić information content (AvgIpc) is 2.00. The molecule has 0 saturated heterocycles. The topological polar surface area (TPSA) is 78.4 Å². The molecule has 5 heteroatoms. The molecule has 15 heavy (non-hydrogen) atoms. The highest BCUT2D eigenvalue weighted by Crippen LogP contribution is 2.03. The number of carbonyl (C=O) groups is 2. The van der Waals surface area contributed by atoms with Gasteiger partial charge < -0.3 is 15.7 Å². The maximum atomic E-state index is 11.5. The smallest absolute Gasteiger partial charge is 0.405 e. The third-order valence-corrected chi connectivity index (χ3v) is 1.99. The van der Waals surface area contributed by atoms with Crippen molar-refractivity contribution in [2.24, 2.45) is 5.92 Å². The van der Waals surface area contributed by atoms with Crippen LogP contribution < -0.4 is 10.6 Å². The summed E-state index contributed by atoms with van der Waals surface area (Å²) >= 11 is 0. The van der Waals surface area contributed by atoms with Gasteiger partial charge in [-0.1, -0.05) is 13.8 Å². The minimum absolute atomic E-state index is 0.300. The van der Waals surface area contributed by atoms with Crippen LogP contribution >= 0.6 is 0 Å². The standard InChI is InChI=1S/C10H20N2O3/c1-7(2)5-6-11-8(13)10(3,4)12-9(14)15/h7,12H,5-6H2,1-4H3,(H,11,13)(H,14,15). The van der Waals surface area contributed by atoms with Crippen molar-refractivity contribution in [3.63, 3.8) is 0 Å². The van der Waals surface area contributed by atoms with Crippen LogP contribution in [0.5, 0.6) is 0 Å². The molecule has 0 spiro atoms. The first kappa shape index (κ1) is 13.7. The predicted molar refractivity (Wildman–Crippen MR) is 57.7 cm³/mol. The molecule has 0 heterocycles. The van der Waals surface area contributed by atoms with E-state index in [1.807, 2.05) is 0 Å². The van der Waals surface area contributed by atoms with E-state index in [0.717, 1.165) is 6.42 Å². The van der Waals surface area contributed by atoms with Gasteiger partial charge in [0.2, 0.25) is 5.91 Å². The summed E-state index contributed by atoms with van der Waals surface area (Å²) in [7, 11) is 0. The SMILES string of the molecule is CC(C)CCNC(=O)C(C)(C)NC(=O)O. The molecule has 0 aromatic rings. The molecule has 0 aliphatic heterocycles. The Morgan fingerprint density at radius 2 is 1.87 bits per heavy atom. The first-order chi connectivity index (χ1) is 6.75. The Morgan fingerprint density at radius 3 is 2.27 bits per heavy atom. The van der Waals surface area contributed by atoms with E-state index in [1.54, 1.807) is 0 Å². The molecule has 2 amide bonds. The second-order valence-electron chi connectivity index (χ2n) is 4.49. The van der Waals surface area contributed by atoms with Crippen molar-refractivity contribution in [3.8, 4) is 0 Å². The number of rotatable bonds is 5. The fourth-order valence-electron chi connectivity index (χ4n) is 1.02. The maximum absolute atomic E-state index is 11.5. The summed E-state index contributed by atoms with van der Waals surface area (Å²) in [6.07, 6.45) is -0.312. The highest BCUT2D eigenvalue weighted by Gasteiger charge is 2.28. The Kier molecular flexibility index (Phi) is 5.11. The molecule has 0 radical (unpaired) electrons. The number of carboxylic acid groups (broad SMARTS) is 1. The van der Waals surface area contributed by atoms with E-state index in [4.69, 9.17) is 5.11 Å².